The molecule has 1 atom stereocenters. The van der Waals surface area contributed by atoms with Crippen LogP contribution in [0.25, 0.3) is 0 Å². The van der Waals surface area contributed by atoms with Crippen molar-refractivity contribution in [3.63, 3.8) is 0 Å². The number of rotatable bonds is 3. The van der Waals surface area contributed by atoms with Crippen LogP contribution in [0.2, 0.25) is 0 Å². The van der Waals surface area contributed by atoms with Crippen molar-refractivity contribution < 1.29 is 9.59 Å². The molecule has 4 rings (SSSR count). The zero-order chi connectivity index (χ0) is 19.9. The summed E-state index contributed by atoms with van der Waals surface area (Å²) in [5.41, 5.74) is 2.44. The molecule has 0 bridgehead atoms. The van der Waals surface area contributed by atoms with E-state index in [0.717, 1.165) is 44.9 Å². The van der Waals surface area contributed by atoms with Gasteiger partial charge in [0.15, 0.2) is 0 Å². The quantitative estimate of drug-likeness (QED) is 0.780. The van der Waals surface area contributed by atoms with E-state index in [2.05, 4.69) is 29.2 Å². The maximum Gasteiger partial charge on any atom is 0.227 e. The summed E-state index contributed by atoms with van der Waals surface area (Å²) in [6, 6.07) is 9.37. The van der Waals surface area contributed by atoms with Crippen LogP contribution in [-0.2, 0) is 16.0 Å². The molecule has 3 aliphatic rings. The Hall–Kier alpha value is -1.84. The van der Waals surface area contributed by atoms with Gasteiger partial charge in [-0.15, -0.1) is 0 Å². The number of likely N-dealkylation sites (tertiary alicyclic amines) is 1. The number of piperidine rings is 1. The minimum atomic E-state index is -0.345. The lowest BCUT2D eigenvalue weighted by Gasteiger charge is -2.41. The van der Waals surface area contributed by atoms with Crippen LogP contribution in [-0.4, -0.2) is 40.7 Å². The fraction of sp³-hybridized carbons (Fsp3) is 0.667. The lowest BCUT2D eigenvalue weighted by atomic mass is 9.85. The summed E-state index contributed by atoms with van der Waals surface area (Å²) < 4.78 is 0. The van der Waals surface area contributed by atoms with E-state index in [0.29, 0.717) is 25.0 Å². The van der Waals surface area contributed by atoms with Gasteiger partial charge in [-0.2, -0.15) is 0 Å². The average molecular weight is 383 g/mol. The van der Waals surface area contributed by atoms with Crippen molar-refractivity contribution in [2.24, 2.45) is 11.3 Å². The minimum Gasteiger partial charge on any atom is -0.342 e. The highest BCUT2D eigenvalue weighted by atomic mass is 16.2. The second kappa shape index (κ2) is 7.53. The maximum absolute atomic E-state index is 13.6. The highest BCUT2D eigenvalue weighted by Crippen LogP contribution is 2.42. The highest BCUT2D eigenvalue weighted by Gasteiger charge is 2.42. The van der Waals surface area contributed by atoms with E-state index < -0.39 is 0 Å². The van der Waals surface area contributed by atoms with Crippen molar-refractivity contribution in [1.29, 1.82) is 0 Å². The Morgan fingerprint density at radius 3 is 2.32 bits per heavy atom. The van der Waals surface area contributed by atoms with Crippen molar-refractivity contribution in [1.82, 2.24) is 9.80 Å². The molecule has 0 radical (unpaired) electrons. The Kier molecular flexibility index (Phi) is 5.24. The predicted octanol–water partition coefficient (Wildman–Crippen LogP) is 4.34. The number of benzene rings is 1. The number of hydrogen-bond donors (Lipinski definition) is 0. The third-order valence-electron chi connectivity index (χ3n) is 6.64. The zero-order valence-corrected chi connectivity index (χ0v) is 17.6. The molecule has 1 saturated heterocycles. The van der Waals surface area contributed by atoms with Gasteiger partial charge >= 0.3 is 0 Å². The number of hydrogen-bond acceptors (Lipinski definition) is 2. The number of carbonyl (C=O) groups excluding carboxylic acids is 2. The summed E-state index contributed by atoms with van der Waals surface area (Å²) in [4.78, 5) is 30.4. The molecule has 1 aliphatic heterocycles. The van der Waals surface area contributed by atoms with Crippen molar-refractivity contribution >= 4 is 11.8 Å². The van der Waals surface area contributed by atoms with E-state index in [1.54, 1.807) is 0 Å². The van der Waals surface area contributed by atoms with Crippen LogP contribution >= 0.6 is 0 Å². The molecule has 0 spiro atoms. The Morgan fingerprint density at radius 2 is 1.68 bits per heavy atom. The number of nitrogens with zero attached hydrogens (tertiary/aromatic N) is 2. The smallest absolute Gasteiger partial charge is 0.227 e. The lowest BCUT2D eigenvalue weighted by Crippen LogP contribution is -2.48. The molecule has 4 nitrogen and oxygen atoms in total. The first-order valence-corrected chi connectivity index (χ1v) is 11.1. The summed E-state index contributed by atoms with van der Waals surface area (Å²) in [7, 11) is 0. The van der Waals surface area contributed by atoms with Gasteiger partial charge < -0.3 is 9.80 Å². The largest absolute Gasteiger partial charge is 0.342 e. The van der Waals surface area contributed by atoms with E-state index in [4.69, 9.17) is 0 Å². The highest BCUT2D eigenvalue weighted by molar-refractivity contribution is 5.83. The molecule has 0 N–H and O–H groups in total. The van der Waals surface area contributed by atoms with Gasteiger partial charge in [0.1, 0.15) is 0 Å². The van der Waals surface area contributed by atoms with Gasteiger partial charge in [0.2, 0.25) is 11.8 Å². The second-order valence-electron chi connectivity index (χ2n) is 9.90. The van der Waals surface area contributed by atoms with Crippen LogP contribution in [0.1, 0.15) is 76.5 Å². The lowest BCUT2D eigenvalue weighted by molar-refractivity contribution is -0.146. The predicted molar refractivity (Wildman–Crippen MR) is 111 cm³/mol. The molecule has 28 heavy (non-hydrogen) atoms. The van der Waals surface area contributed by atoms with Crippen LogP contribution < -0.4 is 0 Å². The SMILES string of the molecule is CC(C)(C)C(=O)N1CCC(C(=O)N(C2CC2)C2CCCc3ccccc32)CC1. The van der Waals surface area contributed by atoms with Crippen molar-refractivity contribution in [2.75, 3.05) is 13.1 Å². The molecule has 1 saturated carbocycles. The van der Waals surface area contributed by atoms with Crippen LogP contribution in [0, 0.1) is 11.3 Å². The van der Waals surface area contributed by atoms with Gasteiger partial charge in [-0.05, 0) is 56.1 Å². The number of carbonyl (C=O) groups is 2. The summed E-state index contributed by atoms with van der Waals surface area (Å²) in [6.45, 7) is 7.35. The van der Waals surface area contributed by atoms with Crippen LogP contribution in [0.15, 0.2) is 24.3 Å². The molecule has 4 heteroatoms. The molecule has 2 aliphatic carbocycles. The zero-order valence-electron chi connectivity index (χ0n) is 17.6. The molecule has 1 aromatic rings. The summed E-state index contributed by atoms with van der Waals surface area (Å²) >= 11 is 0. The van der Waals surface area contributed by atoms with E-state index in [1.165, 1.54) is 11.1 Å². The van der Waals surface area contributed by atoms with Gasteiger partial charge in [-0.3, -0.25) is 9.59 Å². The fourth-order valence-corrected chi connectivity index (χ4v) is 4.97. The van der Waals surface area contributed by atoms with Gasteiger partial charge in [-0.25, -0.2) is 0 Å². The molecule has 1 aromatic carbocycles. The number of aryl methyl sites for hydroxylation is 1. The molecule has 2 fully saturated rings. The number of fused-ring (bicyclic) bond motifs is 1. The van der Waals surface area contributed by atoms with Crippen molar-refractivity contribution in [2.45, 2.75) is 77.8 Å². The van der Waals surface area contributed by atoms with Crippen molar-refractivity contribution in [3.8, 4) is 0 Å². The monoisotopic (exact) mass is 382 g/mol. The van der Waals surface area contributed by atoms with Gasteiger partial charge in [0.25, 0.3) is 0 Å². The standard InChI is InChI=1S/C24H34N2O2/c1-24(2,3)23(28)25-15-13-18(14-16-25)22(27)26(19-11-12-19)21-10-6-8-17-7-4-5-9-20(17)21/h4-5,7,9,18-19,21H,6,8,10-16H2,1-3H3. The molecular weight excluding hydrogens is 348 g/mol. The number of amides is 2. The molecule has 2 amide bonds. The Bertz CT molecular complexity index is 739. The Labute approximate surface area is 169 Å². The molecule has 1 heterocycles. The van der Waals surface area contributed by atoms with E-state index in [9.17, 15) is 9.59 Å². The summed E-state index contributed by atoms with van der Waals surface area (Å²) in [5, 5.41) is 0. The first-order chi connectivity index (χ1) is 13.4. The maximum atomic E-state index is 13.6. The van der Waals surface area contributed by atoms with E-state index in [-0.39, 0.29) is 23.3 Å². The average Bonchev–Trinajstić information content (AvgIpc) is 3.52. The molecular formula is C24H34N2O2. The fourth-order valence-electron chi connectivity index (χ4n) is 4.97. The van der Waals surface area contributed by atoms with Crippen molar-refractivity contribution in [3.05, 3.63) is 35.4 Å². The summed E-state index contributed by atoms with van der Waals surface area (Å²) in [6.07, 6.45) is 7.28. The van der Waals surface area contributed by atoms with Crippen LogP contribution in [0.5, 0.6) is 0 Å². The molecule has 1 unspecified atom stereocenters. The van der Waals surface area contributed by atoms with Gasteiger partial charge in [-0.1, -0.05) is 45.0 Å². The third-order valence-corrected chi connectivity index (χ3v) is 6.64. The minimum absolute atomic E-state index is 0.0682. The Balaban J connectivity index is 1.47. The van der Waals surface area contributed by atoms with Gasteiger partial charge in [0, 0.05) is 30.5 Å². The second-order valence-corrected chi connectivity index (χ2v) is 9.90. The van der Waals surface area contributed by atoms with E-state index >= 15 is 0 Å². The van der Waals surface area contributed by atoms with Crippen LogP contribution in [0.4, 0.5) is 0 Å². The van der Waals surface area contributed by atoms with Crippen LogP contribution in [0.3, 0.4) is 0 Å². The third kappa shape index (κ3) is 3.83. The van der Waals surface area contributed by atoms with Gasteiger partial charge in [0.05, 0.1) is 6.04 Å². The van der Waals surface area contributed by atoms with E-state index in [1.807, 2.05) is 25.7 Å². The normalized spacial score (nSPS) is 23.2. The topological polar surface area (TPSA) is 40.6 Å². The Morgan fingerprint density at radius 1 is 1.00 bits per heavy atom. The molecule has 152 valence electrons. The first-order valence-electron chi connectivity index (χ1n) is 11.1. The first kappa shape index (κ1) is 19.5. The summed E-state index contributed by atoms with van der Waals surface area (Å²) in [5.74, 6) is 0.615. The molecule has 0 aromatic heterocycles.